The van der Waals surface area contributed by atoms with Gasteiger partial charge in [0.2, 0.25) is 0 Å². The number of fused-ring (bicyclic) bond motifs is 1. The van der Waals surface area contributed by atoms with Gasteiger partial charge in [-0.2, -0.15) is 5.26 Å². The molecule has 6 nitrogen and oxygen atoms in total. The molecule has 2 N–H and O–H groups in total. The second kappa shape index (κ2) is 6.82. The van der Waals surface area contributed by atoms with Crippen molar-refractivity contribution in [2.45, 2.75) is 4.90 Å². The quantitative estimate of drug-likeness (QED) is 0.667. The molecule has 0 unspecified atom stereocenters. The van der Waals surface area contributed by atoms with Crippen LogP contribution >= 0.6 is 22.9 Å². The van der Waals surface area contributed by atoms with Gasteiger partial charge in [-0.1, -0.05) is 35.9 Å². The molecule has 0 fully saturated rings. The predicted octanol–water partition coefficient (Wildman–Crippen LogP) is 3.05. The number of nitrogens with zero attached hydrogens (tertiary/aromatic N) is 1. The number of hydrazine groups is 1. The first kappa shape index (κ1) is 17.4. The number of thiophene rings is 1. The third kappa shape index (κ3) is 3.50. The van der Waals surface area contributed by atoms with E-state index in [9.17, 15) is 13.2 Å². The number of benzene rings is 2. The Bertz CT molecular complexity index is 1120. The molecule has 0 spiro atoms. The van der Waals surface area contributed by atoms with Crippen molar-refractivity contribution in [3.8, 4) is 6.07 Å². The summed E-state index contributed by atoms with van der Waals surface area (Å²) in [5, 5.41) is 9.84. The van der Waals surface area contributed by atoms with E-state index in [4.69, 9.17) is 16.9 Å². The van der Waals surface area contributed by atoms with E-state index in [0.29, 0.717) is 0 Å². The van der Waals surface area contributed by atoms with E-state index in [1.165, 1.54) is 24.3 Å². The van der Waals surface area contributed by atoms with Gasteiger partial charge in [0, 0.05) is 10.1 Å². The summed E-state index contributed by atoms with van der Waals surface area (Å²) >= 11 is 7.36. The molecule has 9 heteroatoms. The maximum absolute atomic E-state index is 12.3. The third-order valence-electron chi connectivity index (χ3n) is 3.31. The van der Waals surface area contributed by atoms with Crippen molar-refractivity contribution in [2.24, 2.45) is 0 Å². The Kier molecular flexibility index (Phi) is 4.74. The lowest BCUT2D eigenvalue weighted by Gasteiger charge is -2.08. The minimum absolute atomic E-state index is 0.130. The molecule has 0 aliphatic heterocycles. The van der Waals surface area contributed by atoms with Gasteiger partial charge in [-0.15, -0.1) is 16.2 Å². The molecule has 0 saturated carbocycles. The average molecular weight is 392 g/mol. The van der Waals surface area contributed by atoms with Crippen molar-refractivity contribution < 1.29 is 13.2 Å². The van der Waals surface area contributed by atoms with Crippen LogP contribution in [0.1, 0.15) is 15.2 Å². The van der Waals surface area contributed by atoms with Crippen molar-refractivity contribution in [2.75, 3.05) is 0 Å². The summed E-state index contributed by atoms with van der Waals surface area (Å²) in [6.45, 7) is 0. The summed E-state index contributed by atoms with van der Waals surface area (Å²) in [7, 11) is -4.01. The molecule has 1 aromatic heterocycles. The number of carbonyl (C=O) groups excluding carboxylic acids is 1. The summed E-state index contributed by atoms with van der Waals surface area (Å²) in [5.41, 5.74) is 2.34. The van der Waals surface area contributed by atoms with Gasteiger partial charge < -0.3 is 0 Å². The molecule has 0 atom stereocenters. The van der Waals surface area contributed by atoms with Gasteiger partial charge in [-0.25, -0.2) is 8.42 Å². The van der Waals surface area contributed by atoms with Gasteiger partial charge in [0.1, 0.15) is 4.88 Å². The van der Waals surface area contributed by atoms with Gasteiger partial charge in [-0.05, 0) is 24.3 Å². The molecular weight excluding hydrogens is 382 g/mol. The van der Waals surface area contributed by atoms with Crippen LogP contribution in [0.5, 0.6) is 0 Å². The summed E-state index contributed by atoms with van der Waals surface area (Å²) < 4.78 is 25.3. The van der Waals surface area contributed by atoms with Gasteiger partial charge in [0.25, 0.3) is 15.9 Å². The van der Waals surface area contributed by atoms with Crippen LogP contribution in [0.4, 0.5) is 0 Å². The van der Waals surface area contributed by atoms with Crippen LogP contribution in [0.3, 0.4) is 0 Å². The lowest BCUT2D eigenvalue weighted by Crippen LogP contribution is -2.41. The standard InChI is InChI=1S/C16H10ClN3O3S2/c17-14-12-6-1-2-7-13(12)24-15(14)16(21)19-20-25(22,23)11-5-3-4-10(8-11)9-18/h1-8,20H,(H,19,21). The number of nitriles is 1. The van der Waals surface area contributed by atoms with E-state index in [1.54, 1.807) is 12.1 Å². The zero-order chi connectivity index (χ0) is 18.0. The van der Waals surface area contributed by atoms with Gasteiger partial charge >= 0.3 is 0 Å². The normalized spacial score (nSPS) is 11.2. The fourth-order valence-electron chi connectivity index (χ4n) is 2.12. The van der Waals surface area contributed by atoms with E-state index >= 15 is 0 Å². The zero-order valence-corrected chi connectivity index (χ0v) is 14.9. The van der Waals surface area contributed by atoms with E-state index in [1.807, 2.05) is 23.0 Å². The van der Waals surface area contributed by atoms with Crippen LogP contribution in [-0.4, -0.2) is 14.3 Å². The predicted molar refractivity (Wildman–Crippen MR) is 95.8 cm³/mol. The Labute approximate surface area is 152 Å². The first-order chi connectivity index (χ1) is 11.9. The van der Waals surface area contributed by atoms with E-state index in [0.717, 1.165) is 21.4 Å². The maximum atomic E-state index is 12.3. The first-order valence-electron chi connectivity index (χ1n) is 6.92. The number of halogens is 1. The average Bonchev–Trinajstić information content (AvgIpc) is 2.97. The van der Waals surface area contributed by atoms with Crippen molar-refractivity contribution in [1.29, 1.82) is 5.26 Å². The second-order valence-corrected chi connectivity index (χ2v) is 8.05. The molecule has 3 rings (SSSR count). The lowest BCUT2D eigenvalue weighted by molar-refractivity contribution is 0.0949. The molecular formula is C16H10ClN3O3S2. The number of hydrogen-bond acceptors (Lipinski definition) is 5. The van der Waals surface area contributed by atoms with Crippen molar-refractivity contribution in [3.05, 3.63) is 64.0 Å². The SMILES string of the molecule is N#Cc1cccc(S(=O)(=O)NNC(=O)c2sc3ccccc3c2Cl)c1. The number of carbonyl (C=O) groups is 1. The van der Waals surface area contributed by atoms with E-state index < -0.39 is 15.9 Å². The van der Waals surface area contributed by atoms with E-state index in [2.05, 4.69) is 5.43 Å². The smallest absolute Gasteiger partial charge is 0.273 e. The van der Waals surface area contributed by atoms with Crippen LogP contribution in [0.25, 0.3) is 10.1 Å². The Hall–Kier alpha value is -2.44. The molecule has 126 valence electrons. The van der Waals surface area contributed by atoms with Gasteiger partial charge in [0.15, 0.2) is 0 Å². The molecule has 2 aromatic carbocycles. The zero-order valence-electron chi connectivity index (χ0n) is 12.5. The fourth-order valence-corrected chi connectivity index (χ4v) is 4.42. The first-order valence-corrected chi connectivity index (χ1v) is 9.59. The minimum atomic E-state index is -4.01. The molecule has 1 heterocycles. The summed E-state index contributed by atoms with van der Waals surface area (Å²) in [4.78, 5) is 14.4. The maximum Gasteiger partial charge on any atom is 0.277 e. The van der Waals surface area contributed by atoms with Crippen molar-refractivity contribution in [1.82, 2.24) is 10.3 Å². The number of sulfonamides is 1. The summed E-state index contributed by atoms with van der Waals surface area (Å²) in [6, 6.07) is 14.5. The molecule has 3 aromatic rings. The Morgan fingerprint density at radius 3 is 2.64 bits per heavy atom. The molecule has 0 aliphatic carbocycles. The number of hydrogen-bond donors (Lipinski definition) is 2. The fraction of sp³-hybridized carbons (Fsp3) is 0. The number of nitrogens with one attached hydrogen (secondary N) is 2. The van der Waals surface area contributed by atoms with Crippen LogP contribution in [0, 0.1) is 11.3 Å². The lowest BCUT2D eigenvalue weighted by atomic mass is 10.2. The highest BCUT2D eigenvalue weighted by atomic mass is 35.5. The molecule has 0 radical (unpaired) electrons. The second-order valence-electron chi connectivity index (χ2n) is 4.94. The highest BCUT2D eigenvalue weighted by Crippen LogP contribution is 2.34. The highest BCUT2D eigenvalue weighted by molar-refractivity contribution is 7.89. The van der Waals surface area contributed by atoms with Crippen LogP contribution < -0.4 is 10.3 Å². The monoisotopic (exact) mass is 391 g/mol. The van der Waals surface area contributed by atoms with Crippen LogP contribution in [-0.2, 0) is 10.0 Å². The third-order valence-corrected chi connectivity index (χ3v) is 6.23. The molecule has 0 bridgehead atoms. The van der Waals surface area contributed by atoms with Crippen LogP contribution in [0.15, 0.2) is 53.4 Å². The number of amides is 1. The highest BCUT2D eigenvalue weighted by Gasteiger charge is 2.20. The Morgan fingerprint density at radius 1 is 1.16 bits per heavy atom. The Morgan fingerprint density at radius 2 is 1.92 bits per heavy atom. The summed E-state index contributed by atoms with van der Waals surface area (Å²) in [6.07, 6.45) is 0. The van der Waals surface area contributed by atoms with Gasteiger partial charge in [0.05, 0.1) is 21.6 Å². The van der Waals surface area contributed by atoms with Crippen molar-refractivity contribution in [3.63, 3.8) is 0 Å². The summed E-state index contributed by atoms with van der Waals surface area (Å²) in [5.74, 6) is -0.661. The minimum Gasteiger partial charge on any atom is -0.273 e. The van der Waals surface area contributed by atoms with Crippen molar-refractivity contribution >= 4 is 49.0 Å². The molecule has 1 amide bonds. The van der Waals surface area contributed by atoms with E-state index in [-0.39, 0.29) is 20.4 Å². The Balaban J connectivity index is 1.81. The molecule has 25 heavy (non-hydrogen) atoms. The number of rotatable bonds is 4. The van der Waals surface area contributed by atoms with Crippen LogP contribution in [0.2, 0.25) is 5.02 Å². The molecule has 0 aliphatic rings. The molecule has 0 saturated heterocycles. The van der Waals surface area contributed by atoms with Gasteiger partial charge in [-0.3, -0.25) is 10.2 Å². The topological polar surface area (TPSA) is 99.1 Å². The largest absolute Gasteiger partial charge is 0.277 e.